The van der Waals surface area contributed by atoms with Gasteiger partial charge in [0, 0.05) is 12.1 Å². The van der Waals surface area contributed by atoms with Crippen LogP contribution in [-0.2, 0) is 9.53 Å². The van der Waals surface area contributed by atoms with Crippen LogP contribution >= 0.6 is 23.2 Å². The Morgan fingerprint density at radius 1 is 1.10 bits per heavy atom. The van der Waals surface area contributed by atoms with E-state index in [0.717, 1.165) is 19.2 Å². The van der Waals surface area contributed by atoms with E-state index >= 15 is 0 Å². The van der Waals surface area contributed by atoms with Gasteiger partial charge < -0.3 is 20.1 Å². The lowest BCUT2D eigenvalue weighted by molar-refractivity contribution is -0.384. The van der Waals surface area contributed by atoms with Crippen LogP contribution in [0, 0.1) is 10.1 Å². The van der Waals surface area contributed by atoms with E-state index in [2.05, 4.69) is 15.4 Å². The van der Waals surface area contributed by atoms with Crippen molar-refractivity contribution in [3.8, 4) is 5.75 Å². The number of amides is 2. The molecular formula is C18H15Cl2N3O7. The van der Waals surface area contributed by atoms with Gasteiger partial charge in [-0.1, -0.05) is 29.3 Å². The highest BCUT2D eigenvalue weighted by molar-refractivity contribution is 6.39. The lowest BCUT2D eigenvalue weighted by Gasteiger charge is -2.18. The summed E-state index contributed by atoms with van der Waals surface area (Å²) in [7, 11) is 1.11. The number of nitrogens with one attached hydrogen (secondary N) is 2. The monoisotopic (exact) mass is 455 g/mol. The molecule has 12 heteroatoms. The molecule has 0 radical (unpaired) electrons. The van der Waals surface area contributed by atoms with Crippen LogP contribution in [0.5, 0.6) is 5.75 Å². The summed E-state index contributed by atoms with van der Waals surface area (Å²) in [6.07, 6.45) is -0.956. The number of esters is 1. The molecule has 2 aromatic rings. The Labute approximate surface area is 180 Å². The number of halogens is 2. The van der Waals surface area contributed by atoms with Gasteiger partial charge in [-0.25, -0.2) is 9.59 Å². The molecule has 10 nitrogen and oxygen atoms in total. The summed E-state index contributed by atoms with van der Waals surface area (Å²) < 4.78 is 9.58. The molecule has 0 aliphatic heterocycles. The SMILES string of the molecule is COC(=O)[C@H](CNC(=O)Oc1ccc([N+](=O)[O-])cc1)NC(=O)c1c(Cl)cccc1Cl. The highest BCUT2D eigenvalue weighted by Gasteiger charge is 2.25. The highest BCUT2D eigenvalue weighted by atomic mass is 35.5. The number of nitrogens with zero attached hydrogens (tertiary/aromatic N) is 1. The minimum Gasteiger partial charge on any atom is -0.467 e. The number of methoxy groups -OCH3 is 1. The van der Waals surface area contributed by atoms with Crippen LogP contribution < -0.4 is 15.4 Å². The van der Waals surface area contributed by atoms with Crippen molar-refractivity contribution < 1.29 is 28.8 Å². The Morgan fingerprint density at radius 3 is 2.23 bits per heavy atom. The van der Waals surface area contributed by atoms with Gasteiger partial charge in [-0.3, -0.25) is 14.9 Å². The quantitative estimate of drug-likeness (QED) is 0.371. The van der Waals surface area contributed by atoms with Gasteiger partial charge in [0.1, 0.15) is 11.8 Å². The fraction of sp³-hybridized carbons (Fsp3) is 0.167. The normalized spacial score (nSPS) is 11.2. The van der Waals surface area contributed by atoms with E-state index in [0.29, 0.717) is 0 Å². The molecule has 0 bridgehead atoms. The first-order valence-electron chi connectivity index (χ1n) is 8.25. The minimum atomic E-state index is -1.26. The molecule has 30 heavy (non-hydrogen) atoms. The largest absolute Gasteiger partial charge is 0.467 e. The first-order chi connectivity index (χ1) is 14.2. The molecular weight excluding hydrogens is 441 g/mol. The number of rotatable bonds is 7. The summed E-state index contributed by atoms with van der Waals surface area (Å²) in [4.78, 5) is 46.4. The van der Waals surface area contributed by atoms with E-state index in [1.807, 2.05) is 0 Å². The average molecular weight is 456 g/mol. The molecule has 2 amide bonds. The maximum absolute atomic E-state index is 12.5. The second kappa shape index (κ2) is 10.4. The van der Waals surface area contributed by atoms with Crippen molar-refractivity contribution in [2.24, 2.45) is 0 Å². The molecule has 0 aliphatic rings. The molecule has 0 spiro atoms. The first-order valence-corrected chi connectivity index (χ1v) is 9.01. The predicted octanol–water partition coefficient (Wildman–Crippen LogP) is 2.96. The van der Waals surface area contributed by atoms with Crippen molar-refractivity contribution in [3.05, 3.63) is 68.2 Å². The summed E-state index contributed by atoms with van der Waals surface area (Å²) in [5.74, 6) is -1.53. The van der Waals surface area contributed by atoms with Crippen LogP contribution in [0.3, 0.4) is 0 Å². The van der Waals surface area contributed by atoms with Crippen LogP contribution in [0.4, 0.5) is 10.5 Å². The van der Waals surface area contributed by atoms with Gasteiger partial charge in [-0.15, -0.1) is 0 Å². The van der Waals surface area contributed by atoms with E-state index in [1.54, 1.807) is 6.07 Å². The van der Waals surface area contributed by atoms with Crippen LogP contribution in [-0.4, -0.2) is 42.6 Å². The summed E-state index contributed by atoms with van der Waals surface area (Å²) in [5.41, 5.74) is -0.211. The van der Waals surface area contributed by atoms with Gasteiger partial charge in [-0.05, 0) is 24.3 Å². The molecule has 2 aromatic carbocycles. The Hall–Kier alpha value is -3.37. The molecule has 0 heterocycles. The number of nitro groups is 1. The van der Waals surface area contributed by atoms with Crippen molar-refractivity contribution in [2.45, 2.75) is 6.04 Å². The number of benzene rings is 2. The molecule has 2 rings (SSSR count). The van der Waals surface area contributed by atoms with E-state index in [1.165, 1.54) is 24.3 Å². The number of hydrogen-bond acceptors (Lipinski definition) is 7. The summed E-state index contributed by atoms with van der Waals surface area (Å²) >= 11 is 12.0. The molecule has 0 saturated heterocycles. The summed E-state index contributed by atoms with van der Waals surface area (Å²) in [6.45, 7) is -0.369. The van der Waals surface area contributed by atoms with E-state index < -0.39 is 28.9 Å². The molecule has 0 saturated carbocycles. The minimum absolute atomic E-state index is 0.0387. The van der Waals surface area contributed by atoms with Crippen molar-refractivity contribution in [1.82, 2.24) is 10.6 Å². The second-order valence-corrected chi connectivity index (χ2v) is 6.48. The topological polar surface area (TPSA) is 137 Å². The average Bonchev–Trinajstić information content (AvgIpc) is 2.70. The third-order valence-corrected chi connectivity index (χ3v) is 4.32. The van der Waals surface area contributed by atoms with Gasteiger partial charge in [-0.2, -0.15) is 0 Å². The molecule has 0 unspecified atom stereocenters. The van der Waals surface area contributed by atoms with E-state index in [4.69, 9.17) is 27.9 Å². The smallest absolute Gasteiger partial charge is 0.412 e. The molecule has 2 N–H and O–H groups in total. The second-order valence-electron chi connectivity index (χ2n) is 5.67. The van der Waals surface area contributed by atoms with Crippen LogP contribution in [0.2, 0.25) is 10.0 Å². The van der Waals surface area contributed by atoms with Gasteiger partial charge in [0.2, 0.25) is 0 Å². The first kappa shape index (κ1) is 22.9. The Morgan fingerprint density at radius 2 is 1.70 bits per heavy atom. The predicted molar refractivity (Wildman–Crippen MR) is 107 cm³/mol. The number of non-ortho nitro benzene ring substituents is 1. The number of carbonyl (C=O) groups excluding carboxylic acids is 3. The molecule has 0 fully saturated rings. The molecule has 0 aliphatic carbocycles. The number of carbonyl (C=O) groups is 3. The van der Waals surface area contributed by atoms with E-state index in [-0.39, 0.29) is 33.6 Å². The zero-order chi connectivity index (χ0) is 22.3. The van der Waals surface area contributed by atoms with Gasteiger partial charge in [0.25, 0.3) is 11.6 Å². The van der Waals surface area contributed by atoms with Gasteiger partial charge in [0.05, 0.1) is 34.2 Å². The number of ether oxygens (including phenoxy) is 2. The standard InChI is InChI=1S/C18H15Cl2N3O7/c1-29-17(25)14(22-16(24)15-12(19)3-2-4-13(15)20)9-21-18(26)30-11-7-5-10(6-8-11)23(27)28/h2-8,14H,9H2,1H3,(H,21,26)(H,22,24)/t14-/m0/s1. The summed E-state index contributed by atoms with van der Waals surface area (Å²) in [5, 5.41) is 15.5. The Kier molecular flexibility index (Phi) is 7.96. The Balaban J connectivity index is 2.00. The van der Waals surface area contributed by atoms with Crippen molar-refractivity contribution in [2.75, 3.05) is 13.7 Å². The molecule has 0 aromatic heterocycles. The third-order valence-electron chi connectivity index (χ3n) is 3.69. The van der Waals surface area contributed by atoms with Crippen LogP contribution in [0.15, 0.2) is 42.5 Å². The van der Waals surface area contributed by atoms with Gasteiger partial charge in [0.15, 0.2) is 0 Å². The van der Waals surface area contributed by atoms with Gasteiger partial charge >= 0.3 is 12.1 Å². The van der Waals surface area contributed by atoms with Crippen LogP contribution in [0.1, 0.15) is 10.4 Å². The lowest BCUT2D eigenvalue weighted by atomic mass is 10.2. The van der Waals surface area contributed by atoms with Crippen molar-refractivity contribution in [1.29, 1.82) is 0 Å². The van der Waals surface area contributed by atoms with E-state index in [9.17, 15) is 24.5 Å². The summed E-state index contributed by atoms with van der Waals surface area (Å²) in [6, 6.07) is 7.98. The Bertz CT molecular complexity index is 947. The van der Waals surface area contributed by atoms with Crippen molar-refractivity contribution in [3.63, 3.8) is 0 Å². The third kappa shape index (κ3) is 6.06. The fourth-order valence-corrected chi connectivity index (χ4v) is 2.81. The maximum Gasteiger partial charge on any atom is 0.412 e. The lowest BCUT2D eigenvalue weighted by Crippen LogP contribution is -2.49. The maximum atomic E-state index is 12.5. The molecule has 158 valence electrons. The van der Waals surface area contributed by atoms with Crippen LogP contribution in [0.25, 0.3) is 0 Å². The highest BCUT2D eigenvalue weighted by Crippen LogP contribution is 2.24. The zero-order valence-corrected chi connectivity index (χ0v) is 16.9. The fourth-order valence-electron chi connectivity index (χ4n) is 2.25. The van der Waals surface area contributed by atoms with Crippen molar-refractivity contribution >= 4 is 46.9 Å². The molecule has 1 atom stereocenters. The zero-order valence-electron chi connectivity index (χ0n) is 15.4. The number of nitro benzene ring substituents is 1. The number of hydrogen-bond donors (Lipinski definition) is 2.